The lowest BCUT2D eigenvalue weighted by Crippen LogP contribution is -2.22. The van der Waals surface area contributed by atoms with Crippen molar-refractivity contribution in [2.45, 2.75) is 72.5 Å². The maximum atomic E-state index is 12.5. The topological polar surface area (TPSA) is 248 Å². The second-order valence-corrected chi connectivity index (χ2v) is 16.5. The van der Waals surface area contributed by atoms with Gasteiger partial charge in [-0.2, -0.15) is 10.5 Å². The van der Waals surface area contributed by atoms with Gasteiger partial charge >= 0.3 is 0 Å². The van der Waals surface area contributed by atoms with Gasteiger partial charge in [-0.25, -0.2) is 29.9 Å². The van der Waals surface area contributed by atoms with E-state index in [0.717, 1.165) is 60.0 Å². The number of nitriles is 1. The van der Waals surface area contributed by atoms with Gasteiger partial charge in [-0.15, -0.1) is 33.7 Å². The fourth-order valence-electron chi connectivity index (χ4n) is 7.37. The molecule has 0 spiro atoms. The van der Waals surface area contributed by atoms with Crippen LogP contribution in [0, 0.1) is 11.3 Å². The van der Waals surface area contributed by atoms with E-state index in [1.807, 2.05) is 67.6 Å². The fraction of sp³-hybridized carbons (Fsp3) is 0.286. The number of hydrogen-bond donors (Lipinski definition) is 5. The number of aromatic amines is 1. The molecular formula is C42H43N17O2S2. The van der Waals surface area contributed by atoms with Gasteiger partial charge in [0.15, 0.2) is 0 Å². The molecule has 0 radical (unpaired) electrons. The summed E-state index contributed by atoms with van der Waals surface area (Å²) < 4.78 is 2.99. The number of hydrogen-bond acceptors (Lipinski definition) is 18. The summed E-state index contributed by atoms with van der Waals surface area (Å²) in [6, 6.07) is 16.9. The van der Waals surface area contributed by atoms with Crippen LogP contribution in [0.4, 0.5) is 23.5 Å². The summed E-state index contributed by atoms with van der Waals surface area (Å²) in [4.78, 5) is 53.2. The van der Waals surface area contributed by atoms with Crippen LogP contribution in [0.15, 0.2) is 117 Å². The number of nitrogens with one attached hydrogen (secondary N) is 5. The molecule has 2 aliphatic carbocycles. The molecule has 0 amide bonds. The Morgan fingerprint density at radius 2 is 1.13 bits per heavy atom. The zero-order valence-electron chi connectivity index (χ0n) is 34.3. The molecular weight excluding hydrogens is 839 g/mol. The lowest BCUT2D eigenvalue weighted by atomic mass is 10.2. The summed E-state index contributed by atoms with van der Waals surface area (Å²) >= 11 is 3.25. The summed E-state index contributed by atoms with van der Waals surface area (Å²) in [5, 5.41) is 36.3. The second kappa shape index (κ2) is 20.1. The molecule has 0 saturated heterocycles. The van der Waals surface area contributed by atoms with E-state index < -0.39 is 0 Å². The smallest absolute Gasteiger partial charge is 0.256 e. The second-order valence-electron chi connectivity index (χ2n) is 14.8. The van der Waals surface area contributed by atoms with Gasteiger partial charge in [0.05, 0.1) is 35.4 Å². The number of H-pyrrole nitrogens is 1. The lowest BCUT2D eigenvalue weighted by molar-refractivity contribution is 0.716. The quantitative estimate of drug-likeness (QED) is 0.0906. The Hall–Kier alpha value is -7.18. The molecule has 320 valence electrons. The zero-order valence-corrected chi connectivity index (χ0v) is 35.9. The van der Waals surface area contributed by atoms with E-state index in [-0.39, 0.29) is 11.1 Å². The highest BCUT2D eigenvalue weighted by atomic mass is 32.2. The summed E-state index contributed by atoms with van der Waals surface area (Å²) in [5.74, 6) is 3.25. The van der Waals surface area contributed by atoms with Crippen molar-refractivity contribution in [3.8, 4) is 28.8 Å². The van der Waals surface area contributed by atoms with E-state index in [2.05, 4.69) is 71.8 Å². The van der Waals surface area contributed by atoms with Gasteiger partial charge in [0.2, 0.25) is 17.7 Å². The Balaban J connectivity index is 0.000000174. The summed E-state index contributed by atoms with van der Waals surface area (Å²) in [7, 11) is 0. The molecule has 0 aliphatic heterocycles. The van der Waals surface area contributed by atoms with E-state index >= 15 is 0 Å². The molecule has 21 heteroatoms. The van der Waals surface area contributed by atoms with E-state index in [4.69, 9.17) is 5.26 Å². The average molecular weight is 882 g/mol. The Morgan fingerprint density at radius 3 is 1.54 bits per heavy atom. The molecule has 0 aromatic carbocycles. The molecule has 2 saturated carbocycles. The van der Waals surface area contributed by atoms with Gasteiger partial charge in [-0.1, -0.05) is 0 Å². The highest BCUT2D eigenvalue weighted by Crippen LogP contribution is 2.27. The van der Waals surface area contributed by atoms with Crippen molar-refractivity contribution in [3.05, 3.63) is 124 Å². The third-order valence-corrected chi connectivity index (χ3v) is 12.0. The van der Waals surface area contributed by atoms with Crippen molar-refractivity contribution in [1.29, 1.82) is 5.26 Å². The lowest BCUT2D eigenvalue weighted by Gasteiger charge is -2.15. The highest BCUT2D eigenvalue weighted by molar-refractivity contribution is 7.98. The first-order valence-corrected chi connectivity index (χ1v) is 22.6. The minimum atomic E-state index is -0.256. The molecule has 0 bridgehead atoms. The van der Waals surface area contributed by atoms with Crippen LogP contribution in [0.1, 0.15) is 44.1 Å². The minimum absolute atomic E-state index is 0.197. The molecule has 4 atom stereocenters. The van der Waals surface area contributed by atoms with E-state index in [1.165, 1.54) is 21.3 Å². The van der Waals surface area contributed by atoms with Crippen molar-refractivity contribution in [2.75, 3.05) is 33.8 Å². The first kappa shape index (κ1) is 42.5. The number of anilines is 4. The van der Waals surface area contributed by atoms with Gasteiger partial charge < -0.3 is 21.3 Å². The average Bonchev–Trinajstić information content (AvgIpc) is 4.12. The molecule has 5 N–H and O–H groups in total. The number of aromatic nitrogens is 12. The van der Waals surface area contributed by atoms with Crippen LogP contribution in [0.5, 0.6) is 0 Å². The van der Waals surface area contributed by atoms with Gasteiger partial charge in [-0.05, 0) is 92.6 Å². The summed E-state index contributed by atoms with van der Waals surface area (Å²) in [6.07, 6.45) is 24.0. The number of pyridine rings is 4. The third kappa shape index (κ3) is 11.0. The summed E-state index contributed by atoms with van der Waals surface area (Å²) in [6.45, 7) is 0. The SMILES string of the molecule is CSc1cnc(N[C@H]2CC[C@H](Nc3ccc(-n4ccc(-c5nn[nH]n5)cc4=O)cn3)C2)nc1.CSc1cnc(N[C@H]2CC[C@H](Nc3ccc(-n4ccc(C#N)cc4=O)cn3)C2)nc1. The number of tetrazole rings is 1. The monoisotopic (exact) mass is 881 g/mol. The van der Waals surface area contributed by atoms with Crippen LogP contribution in [-0.4, -0.2) is 96.3 Å². The molecule has 2 fully saturated rings. The number of nitrogens with zero attached hydrogens (tertiary/aromatic N) is 12. The Labute approximate surface area is 370 Å². The predicted molar refractivity (Wildman–Crippen MR) is 243 cm³/mol. The van der Waals surface area contributed by atoms with Crippen molar-refractivity contribution >= 4 is 47.1 Å². The van der Waals surface area contributed by atoms with Crippen LogP contribution in [0.3, 0.4) is 0 Å². The number of rotatable bonds is 13. The Morgan fingerprint density at radius 1 is 0.635 bits per heavy atom. The van der Waals surface area contributed by atoms with E-state index in [9.17, 15) is 9.59 Å². The number of thioether (sulfide) groups is 2. The van der Waals surface area contributed by atoms with Crippen LogP contribution >= 0.6 is 23.5 Å². The van der Waals surface area contributed by atoms with Crippen molar-refractivity contribution in [2.24, 2.45) is 0 Å². The largest absolute Gasteiger partial charge is 0.367 e. The fourth-order valence-corrected chi connectivity index (χ4v) is 8.00. The third-order valence-electron chi connectivity index (χ3n) is 10.6. The van der Waals surface area contributed by atoms with Crippen LogP contribution < -0.4 is 32.4 Å². The zero-order chi connectivity index (χ0) is 43.5. The standard InChI is InChI=1S/C21H22N10OS.C21H21N7OS/c1-33-17-11-23-21(24-12-17)26-15-3-2-14(9-15)25-18-5-4-16(10-22-18)31-7-6-13(8-19(31)32)20-27-29-30-28-20;1-30-18-12-24-21(25-13-18)27-16-3-2-15(9-16)26-19-5-4-17(11-23-19)28-7-6-14(10-22)8-20(28)29/h4-8,10-12,14-15H,2-3,9H2,1H3,(H,22,25)(H,23,24,26)(H,27,28,29,30);4-8,11-13,15-16H,2-3,9H2,1H3,(H,23,26)(H,24,25,27)/t14-,15-;15-,16-/m00/s1. The van der Waals surface area contributed by atoms with Crippen LogP contribution in [-0.2, 0) is 0 Å². The molecule has 7 aromatic rings. The first-order valence-electron chi connectivity index (χ1n) is 20.1. The summed E-state index contributed by atoms with van der Waals surface area (Å²) in [5.41, 5.74) is 1.84. The molecule has 9 rings (SSSR count). The van der Waals surface area contributed by atoms with Crippen molar-refractivity contribution in [1.82, 2.24) is 59.7 Å². The van der Waals surface area contributed by atoms with Gasteiger partial charge in [-0.3, -0.25) is 18.7 Å². The van der Waals surface area contributed by atoms with Crippen molar-refractivity contribution < 1.29 is 0 Å². The van der Waals surface area contributed by atoms with Gasteiger partial charge in [0.1, 0.15) is 11.6 Å². The van der Waals surface area contributed by atoms with Crippen LogP contribution in [0.25, 0.3) is 22.8 Å². The maximum Gasteiger partial charge on any atom is 0.256 e. The maximum absolute atomic E-state index is 12.5. The van der Waals surface area contributed by atoms with E-state index in [0.29, 0.717) is 64.4 Å². The van der Waals surface area contributed by atoms with Crippen molar-refractivity contribution in [3.63, 3.8) is 0 Å². The Bertz CT molecular complexity index is 2740. The predicted octanol–water partition coefficient (Wildman–Crippen LogP) is 5.43. The first-order chi connectivity index (χ1) is 30.8. The molecule has 7 heterocycles. The highest BCUT2D eigenvalue weighted by Gasteiger charge is 2.26. The van der Waals surface area contributed by atoms with Gasteiger partial charge in [0, 0.05) is 88.8 Å². The minimum Gasteiger partial charge on any atom is -0.367 e. The molecule has 0 unspecified atom stereocenters. The molecule has 2 aliphatic rings. The Kier molecular flexibility index (Phi) is 13.6. The van der Waals surface area contributed by atoms with Crippen LogP contribution in [0.2, 0.25) is 0 Å². The van der Waals surface area contributed by atoms with E-state index in [1.54, 1.807) is 60.4 Å². The normalized spacial score (nSPS) is 17.9. The van der Waals surface area contributed by atoms with Gasteiger partial charge in [0.25, 0.3) is 11.1 Å². The molecule has 63 heavy (non-hydrogen) atoms. The molecule has 7 aromatic heterocycles. The molecule has 19 nitrogen and oxygen atoms in total.